The van der Waals surface area contributed by atoms with Gasteiger partial charge >= 0.3 is 0 Å². The van der Waals surface area contributed by atoms with E-state index in [9.17, 15) is 4.39 Å². The summed E-state index contributed by atoms with van der Waals surface area (Å²) < 4.78 is 12.7. The van der Waals surface area contributed by atoms with Crippen LogP contribution in [0, 0.1) is 5.82 Å². The van der Waals surface area contributed by atoms with Gasteiger partial charge in [0.1, 0.15) is 5.82 Å². The van der Waals surface area contributed by atoms with Crippen LogP contribution in [0.15, 0.2) is 24.3 Å². The number of halogens is 1. The van der Waals surface area contributed by atoms with Crippen LogP contribution in [-0.2, 0) is 6.42 Å². The van der Waals surface area contributed by atoms with E-state index >= 15 is 0 Å². The molecule has 1 aromatic rings. The molecule has 0 amide bonds. The van der Waals surface area contributed by atoms with Crippen LogP contribution in [0.1, 0.15) is 19.4 Å². The summed E-state index contributed by atoms with van der Waals surface area (Å²) in [6, 6.07) is 6.79. The van der Waals surface area contributed by atoms with E-state index in [2.05, 4.69) is 19.2 Å². The fourth-order valence-corrected chi connectivity index (χ4v) is 3.45. The molecule has 1 aliphatic rings. The standard InChI is InChI=1S/C12H16FNS/c1-9-8-14-12(2,15-9)7-10-3-5-11(13)6-4-10/h3-6,9,14H,7-8H2,1-2H3. The molecule has 1 heterocycles. The highest BCUT2D eigenvalue weighted by atomic mass is 32.2. The van der Waals surface area contributed by atoms with Crippen LogP contribution < -0.4 is 5.32 Å². The molecule has 2 unspecified atom stereocenters. The molecule has 0 spiro atoms. The molecule has 1 saturated heterocycles. The number of nitrogens with one attached hydrogen (secondary N) is 1. The second kappa shape index (κ2) is 4.14. The molecule has 0 saturated carbocycles. The fraction of sp³-hybridized carbons (Fsp3) is 0.500. The molecule has 1 nitrogen and oxygen atoms in total. The van der Waals surface area contributed by atoms with E-state index in [0.29, 0.717) is 5.25 Å². The van der Waals surface area contributed by atoms with Crippen molar-refractivity contribution in [2.45, 2.75) is 30.4 Å². The molecule has 82 valence electrons. The zero-order valence-electron chi connectivity index (χ0n) is 9.09. The lowest BCUT2D eigenvalue weighted by Gasteiger charge is -2.23. The van der Waals surface area contributed by atoms with Crippen LogP contribution in [0.3, 0.4) is 0 Å². The smallest absolute Gasteiger partial charge is 0.123 e. The first-order valence-electron chi connectivity index (χ1n) is 5.25. The van der Waals surface area contributed by atoms with Crippen molar-refractivity contribution in [2.75, 3.05) is 6.54 Å². The van der Waals surface area contributed by atoms with Gasteiger partial charge in [-0.05, 0) is 31.0 Å². The normalized spacial score (nSPS) is 30.7. The summed E-state index contributed by atoms with van der Waals surface area (Å²) in [4.78, 5) is 0.108. The highest BCUT2D eigenvalue weighted by Gasteiger charge is 2.32. The van der Waals surface area contributed by atoms with Crippen molar-refractivity contribution in [1.82, 2.24) is 5.32 Å². The lowest BCUT2D eigenvalue weighted by Crippen LogP contribution is -2.35. The summed E-state index contributed by atoms with van der Waals surface area (Å²) in [5, 5.41) is 4.18. The first kappa shape index (κ1) is 11.0. The maximum absolute atomic E-state index is 12.7. The summed E-state index contributed by atoms with van der Waals surface area (Å²) in [6.45, 7) is 5.50. The molecule has 2 atom stereocenters. The Bertz CT molecular complexity index is 338. The first-order valence-corrected chi connectivity index (χ1v) is 6.13. The maximum Gasteiger partial charge on any atom is 0.123 e. The minimum absolute atomic E-state index is 0.108. The topological polar surface area (TPSA) is 12.0 Å². The molecule has 1 aliphatic heterocycles. The summed E-state index contributed by atoms with van der Waals surface area (Å²) in [6.07, 6.45) is 0.947. The molecule has 1 fully saturated rings. The zero-order valence-corrected chi connectivity index (χ0v) is 9.90. The molecule has 1 aromatic carbocycles. The van der Waals surface area contributed by atoms with Crippen molar-refractivity contribution in [3.63, 3.8) is 0 Å². The van der Waals surface area contributed by atoms with Crippen molar-refractivity contribution < 1.29 is 4.39 Å². The molecule has 15 heavy (non-hydrogen) atoms. The van der Waals surface area contributed by atoms with Crippen molar-refractivity contribution >= 4 is 11.8 Å². The monoisotopic (exact) mass is 225 g/mol. The molecule has 2 rings (SSSR count). The summed E-state index contributed by atoms with van der Waals surface area (Å²) in [7, 11) is 0. The lowest BCUT2D eigenvalue weighted by molar-refractivity contribution is 0.534. The molecule has 0 radical (unpaired) electrons. The van der Waals surface area contributed by atoms with Crippen LogP contribution in [0.2, 0.25) is 0 Å². The van der Waals surface area contributed by atoms with Gasteiger partial charge in [-0.3, -0.25) is 0 Å². The largest absolute Gasteiger partial charge is 0.302 e. The Kier molecular flexibility index (Phi) is 3.03. The van der Waals surface area contributed by atoms with Crippen LogP contribution in [-0.4, -0.2) is 16.7 Å². The Morgan fingerprint density at radius 3 is 2.67 bits per heavy atom. The van der Waals surface area contributed by atoms with Crippen molar-refractivity contribution in [3.05, 3.63) is 35.6 Å². The minimum Gasteiger partial charge on any atom is -0.302 e. The summed E-state index contributed by atoms with van der Waals surface area (Å²) in [5.74, 6) is -0.163. The molecular weight excluding hydrogens is 209 g/mol. The van der Waals surface area contributed by atoms with Gasteiger partial charge in [-0.1, -0.05) is 19.1 Å². The van der Waals surface area contributed by atoms with E-state index in [-0.39, 0.29) is 10.7 Å². The Hall–Kier alpha value is -0.540. The quantitative estimate of drug-likeness (QED) is 0.830. The van der Waals surface area contributed by atoms with Crippen LogP contribution in [0.5, 0.6) is 0 Å². The number of hydrogen-bond acceptors (Lipinski definition) is 2. The second-order valence-electron chi connectivity index (χ2n) is 4.34. The molecule has 3 heteroatoms. The van der Waals surface area contributed by atoms with E-state index in [0.717, 1.165) is 13.0 Å². The van der Waals surface area contributed by atoms with Crippen LogP contribution >= 0.6 is 11.8 Å². The third kappa shape index (κ3) is 2.73. The second-order valence-corrected chi connectivity index (χ2v) is 6.28. The number of rotatable bonds is 2. The average molecular weight is 225 g/mol. The van der Waals surface area contributed by atoms with Gasteiger partial charge in [0.25, 0.3) is 0 Å². The van der Waals surface area contributed by atoms with Gasteiger partial charge in [0.15, 0.2) is 0 Å². The predicted molar refractivity (Wildman–Crippen MR) is 63.6 cm³/mol. The van der Waals surface area contributed by atoms with E-state index in [4.69, 9.17) is 0 Å². The molecule has 0 bridgehead atoms. The van der Waals surface area contributed by atoms with Crippen LogP contribution in [0.25, 0.3) is 0 Å². The van der Waals surface area contributed by atoms with E-state index in [1.807, 2.05) is 23.9 Å². The van der Waals surface area contributed by atoms with E-state index in [1.54, 1.807) is 0 Å². The summed E-state index contributed by atoms with van der Waals surface area (Å²) in [5.41, 5.74) is 1.19. The minimum atomic E-state index is -0.163. The molecular formula is C12H16FNS. The van der Waals surface area contributed by atoms with Crippen molar-refractivity contribution in [3.8, 4) is 0 Å². The fourth-order valence-electron chi connectivity index (χ4n) is 1.98. The van der Waals surface area contributed by atoms with Gasteiger partial charge < -0.3 is 5.32 Å². The Morgan fingerprint density at radius 2 is 2.13 bits per heavy atom. The number of hydrogen-bond donors (Lipinski definition) is 1. The van der Waals surface area contributed by atoms with Crippen molar-refractivity contribution in [2.24, 2.45) is 0 Å². The number of thioether (sulfide) groups is 1. The predicted octanol–water partition coefficient (Wildman–Crippen LogP) is 2.81. The number of benzene rings is 1. The highest BCUT2D eigenvalue weighted by molar-refractivity contribution is 8.01. The van der Waals surface area contributed by atoms with Crippen molar-refractivity contribution in [1.29, 1.82) is 0 Å². The molecule has 0 aromatic heterocycles. The summed E-state index contributed by atoms with van der Waals surface area (Å²) >= 11 is 1.96. The maximum atomic E-state index is 12.7. The Labute approximate surface area is 94.5 Å². The van der Waals surface area contributed by atoms with Gasteiger partial charge in [-0.15, -0.1) is 11.8 Å². The molecule has 0 aliphatic carbocycles. The highest BCUT2D eigenvalue weighted by Crippen LogP contribution is 2.34. The van der Waals surface area contributed by atoms with Gasteiger partial charge in [-0.2, -0.15) is 0 Å². The SMILES string of the molecule is CC1CNC(C)(Cc2ccc(F)cc2)S1. The third-order valence-electron chi connectivity index (χ3n) is 2.68. The third-order valence-corrected chi connectivity index (χ3v) is 4.06. The van der Waals surface area contributed by atoms with Gasteiger partial charge in [0.05, 0.1) is 4.87 Å². The van der Waals surface area contributed by atoms with Gasteiger partial charge in [0.2, 0.25) is 0 Å². The van der Waals surface area contributed by atoms with E-state index < -0.39 is 0 Å². The van der Waals surface area contributed by atoms with Crippen LogP contribution in [0.4, 0.5) is 4.39 Å². The lowest BCUT2D eigenvalue weighted by atomic mass is 10.1. The molecule has 1 N–H and O–H groups in total. The first-order chi connectivity index (χ1) is 7.07. The zero-order chi connectivity index (χ0) is 10.9. The average Bonchev–Trinajstić information content (AvgIpc) is 2.50. The Morgan fingerprint density at radius 1 is 1.47 bits per heavy atom. The Balaban J connectivity index is 2.05. The van der Waals surface area contributed by atoms with Gasteiger partial charge in [-0.25, -0.2) is 4.39 Å². The van der Waals surface area contributed by atoms with E-state index in [1.165, 1.54) is 17.7 Å². The van der Waals surface area contributed by atoms with Gasteiger partial charge in [0, 0.05) is 11.8 Å².